The molecule has 0 aliphatic rings. The fraction of sp³-hybridized carbons (Fsp3) is 0.267. The summed E-state index contributed by atoms with van der Waals surface area (Å²) in [6.07, 6.45) is 1.17. The van der Waals surface area contributed by atoms with Gasteiger partial charge in [-0.15, -0.1) is 0 Å². The Kier molecular flexibility index (Phi) is 4.25. The lowest BCUT2D eigenvalue weighted by Crippen LogP contribution is -2.10. The number of pyridine rings is 1. The summed E-state index contributed by atoms with van der Waals surface area (Å²) in [7, 11) is 1.46. The highest BCUT2D eigenvalue weighted by Gasteiger charge is 2.13. The van der Waals surface area contributed by atoms with Crippen LogP contribution in [0, 0.1) is 0 Å². The molecule has 0 unspecified atom stereocenters. The first-order valence-electron chi connectivity index (χ1n) is 6.35. The molecule has 0 saturated heterocycles. The van der Waals surface area contributed by atoms with Crippen LogP contribution in [0.4, 0.5) is 0 Å². The lowest BCUT2D eigenvalue weighted by molar-refractivity contribution is 0.461. The summed E-state index contributed by atoms with van der Waals surface area (Å²) < 4.78 is 27.8. The van der Waals surface area contributed by atoms with Gasteiger partial charge in [-0.05, 0) is 29.2 Å². The largest absolute Gasteiger partial charge is 0.439 e. The molecule has 0 N–H and O–H groups in total. The highest BCUT2D eigenvalue weighted by Crippen LogP contribution is 2.26. The number of benzene rings is 1. The third kappa shape index (κ3) is 4.19. The minimum Gasteiger partial charge on any atom is -0.439 e. The topological polar surface area (TPSA) is 56.3 Å². The van der Waals surface area contributed by atoms with E-state index < -0.39 is 9.05 Å². The molecule has 0 saturated carbocycles. The summed E-state index contributed by atoms with van der Waals surface area (Å²) in [6, 6.07) is 10.5. The predicted octanol–water partition coefficient (Wildman–Crippen LogP) is 4.10. The SMILES string of the molecule is CC(C)(C)c1ccc(Oc2ccc(S(=O)(=O)Cl)cn2)cc1. The van der Waals surface area contributed by atoms with Crippen molar-refractivity contribution in [3.05, 3.63) is 48.2 Å². The van der Waals surface area contributed by atoms with Crippen LogP contribution >= 0.6 is 10.7 Å². The van der Waals surface area contributed by atoms with Gasteiger partial charge in [0.2, 0.25) is 5.88 Å². The monoisotopic (exact) mass is 325 g/mol. The van der Waals surface area contributed by atoms with E-state index >= 15 is 0 Å². The number of halogens is 1. The molecule has 112 valence electrons. The van der Waals surface area contributed by atoms with E-state index in [4.69, 9.17) is 15.4 Å². The van der Waals surface area contributed by atoms with E-state index in [2.05, 4.69) is 25.8 Å². The maximum atomic E-state index is 11.1. The van der Waals surface area contributed by atoms with Gasteiger partial charge in [-0.2, -0.15) is 0 Å². The molecule has 0 atom stereocenters. The number of nitrogens with zero attached hydrogens (tertiary/aromatic N) is 1. The Morgan fingerprint density at radius 1 is 1.05 bits per heavy atom. The van der Waals surface area contributed by atoms with Gasteiger partial charge in [0.05, 0.1) is 6.20 Å². The van der Waals surface area contributed by atoms with Crippen molar-refractivity contribution in [2.24, 2.45) is 0 Å². The Balaban J connectivity index is 2.15. The van der Waals surface area contributed by atoms with E-state index in [1.807, 2.05) is 24.3 Å². The first kappa shape index (κ1) is 15.8. The Hall–Kier alpha value is -1.59. The molecule has 2 aromatic rings. The molecule has 1 heterocycles. The van der Waals surface area contributed by atoms with Crippen LogP contribution < -0.4 is 4.74 Å². The molecule has 4 nitrogen and oxygen atoms in total. The molecular weight excluding hydrogens is 310 g/mol. The Labute approximate surface area is 129 Å². The molecule has 6 heteroatoms. The Morgan fingerprint density at radius 2 is 1.67 bits per heavy atom. The average Bonchev–Trinajstić information content (AvgIpc) is 2.38. The van der Waals surface area contributed by atoms with E-state index in [-0.39, 0.29) is 10.3 Å². The lowest BCUT2D eigenvalue weighted by Gasteiger charge is -2.19. The van der Waals surface area contributed by atoms with Gasteiger partial charge in [0.25, 0.3) is 9.05 Å². The second kappa shape index (κ2) is 5.66. The van der Waals surface area contributed by atoms with Gasteiger partial charge in [0, 0.05) is 16.7 Å². The van der Waals surface area contributed by atoms with Crippen molar-refractivity contribution in [1.29, 1.82) is 0 Å². The molecule has 2 rings (SSSR count). The van der Waals surface area contributed by atoms with Gasteiger partial charge in [-0.3, -0.25) is 0 Å². The molecular formula is C15H16ClNO3S. The normalized spacial score (nSPS) is 12.2. The summed E-state index contributed by atoms with van der Waals surface area (Å²) in [4.78, 5) is 3.87. The van der Waals surface area contributed by atoms with Gasteiger partial charge < -0.3 is 4.74 Å². The number of hydrogen-bond donors (Lipinski definition) is 0. The molecule has 21 heavy (non-hydrogen) atoms. The third-order valence-corrected chi connectivity index (χ3v) is 4.27. The maximum absolute atomic E-state index is 11.1. The van der Waals surface area contributed by atoms with Crippen molar-refractivity contribution in [2.45, 2.75) is 31.1 Å². The third-order valence-electron chi connectivity index (χ3n) is 2.93. The molecule has 0 aliphatic heterocycles. The van der Waals surface area contributed by atoms with Crippen LogP contribution in [-0.2, 0) is 14.5 Å². The van der Waals surface area contributed by atoms with Gasteiger partial charge in [-0.1, -0.05) is 32.9 Å². The van der Waals surface area contributed by atoms with Gasteiger partial charge in [-0.25, -0.2) is 13.4 Å². The van der Waals surface area contributed by atoms with Gasteiger partial charge in [0.1, 0.15) is 10.6 Å². The van der Waals surface area contributed by atoms with Crippen molar-refractivity contribution in [1.82, 2.24) is 4.98 Å². The second-order valence-corrected chi connectivity index (χ2v) is 8.21. The quantitative estimate of drug-likeness (QED) is 0.797. The summed E-state index contributed by atoms with van der Waals surface area (Å²) in [5.41, 5.74) is 1.28. The van der Waals surface area contributed by atoms with E-state index in [1.54, 1.807) is 0 Å². The van der Waals surface area contributed by atoms with E-state index in [9.17, 15) is 8.42 Å². The molecule has 0 bridgehead atoms. The summed E-state index contributed by atoms with van der Waals surface area (Å²) in [6.45, 7) is 6.40. The summed E-state index contributed by atoms with van der Waals surface area (Å²) in [5, 5.41) is 0. The smallest absolute Gasteiger partial charge is 0.262 e. The average molecular weight is 326 g/mol. The van der Waals surface area contributed by atoms with Crippen molar-refractivity contribution in [3.63, 3.8) is 0 Å². The lowest BCUT2D eigenvalue weighted by atomic mass is 9.87. The van der Waals surface area contributed by atoms with Gasteiger partial charge in [0.15, 0.2) is 0 Å². The molecule has 0 aliphatic carbocycles. The van der Waals surface area contributed by atoms with Crippen molar-refractivity contribution < 1.29 is 13.2 Å². The van der Waals surface area contributed by atoms with Crippen LogP contribution in [0.5, 0.6) is 11.6 Å². The molecule has 0 radical (unpaired) electrons. The van der Waals surface area contributed by atoms with Crippen LogP contribution in [0.3, 0.4) is 0 Å². The molecule has 1 aromatic heterocycles. The highest BCUT2D eigenvalue weighted by atomic mass is 35.7. The van der Waals surface area contributed by atoms with Crippen molar-refractivity contribution >= 4 is 19.7 Å². The molecule has 0 amide bonds. The van der Waals surface area contributed by atoms with Crippen LogP contribution in [0.1, 0.15) is 26.3 Å². The maximum Gasteiger partial charge on any atom is 0.262 e. The van der Waals surface area contributed by atoms with E-state index in [0.29, 0.717) is 11.6 Å². The predicted molar refractivity (Wildman–Crippen MR) is 82.5 cm³/mol. The van der Waals surface area contributed by atoms with Crippen molar-refractivity contribution in [2.75, 3.05) is 0 Å². The zero-order valence-electron chi connectivity index (χ0n) is 12.0. The standard InChI is InChI=1S/C15H16ClNO3S/c1-15(2,3)11-4-6-12(7-5-11)20-14-9-8-13(10-17-14)21(16,18)19/h4-10H,1-3H3. The summed E-state index contributed by atoms with van der Waals surface area (Å²) >= 11 is 0. The van der Waals surface area contributed by atoms with E-state index in [0.717, 1.165) is 0 Å². The minimum atomic E-state index is -3.76. The zero-order valence-corrected chi connectivity index (χ0v) is 13.6. The first-order valence-corrected chi connectivity index (χ1v) is 8.66. The Morgan fingerprint density at radius 3 is 2.10 bits per heavy atom. The Bertz CT molecular complexity index is 717. The van der Waals surface area contributed by atoms with Crippen LogP contribution in [0.25, 0.3) is 0 Å². The number of rotatable bonds is 3. The minimum absolute atomic E-state index is 0.0559. The number of ether oxygens (including phenoxy) is 1. The molecule has 1 aromatic carbocycles. The van der Waals surface area contributed by atoms with Crippen molar-refractivity contribution in [3.8, 4) is 11.6 Å². The fourth-order valence-electron chi connectivity index (χ4n) is 1.72. The molecule has 0 spiro atoms. The second-order valence-electron chi connectivity index (χ2n) is 5.65. The summed E-state index contributed by atoms with van der Waals surface area (Å²) in [5.74, 6) is 0.944. The van der Waals surface area contributed by atoms with Crippen LogP contribution in [0.2, 0.25) is 0 Å². The van der Waals surface area contributed by atoms with Crippen LogP contribution in [-0.4, -0.2) is 13.4 Å². The number of hydrogen-bond acceptors (Lipinski definition) is 4. The van der Waals surface area contributed by atoms with Gasteiger partial charge >= 0.3 is 0 Å². The molecule has 0 fully saturated rings. The highest BCUT2D eigenvalue weighted by molar-refractivity contribution is 8.13. The number of aromatic nitrogens is 1. The first-order chi connectivity index (χ1) is 9.66. The zero-order chi connectivity index (χ0) is 15.7. The van der Waals surface area contributed by atoms with Crippen LogP contribution in [0.15, 0.2) is 47.5 Å². The van der Waals surface area contributed by atoms with E-state index in [1.165, 1.54) is 23.9 Å². The fourth-order valence-corrected chi connectivity index (χ4v) is 2.40.